The van der Waals surface area contributed by atoms with Gasteiger partial charge in [0, 0.05) is 32.0 Å². The Morgan fingerprint density at radius 2 is 2.22 bits per heavy atom. The molecule has 1 aromatic carbocycles. The highest BCUT2D eigenvalue weighted by Gasteiger charge is 2.23. The van der Waals surface area contributed by atoms with Crippen LogP contribution < -0.4 is 5.32 Å². The van der Waals surface area contributed by atoms with Crippen LogP contribution in [0.2, 0.25) is 0 Å². The van der Waals surface area contributed by atoms with Crippen molar-refractivity contribution in [1.82, 2.24) is 4.90 Å². The molecule has 1 saturated heterocycles. The van der Waals surface area contributed by atoms with Gasteiger partial charge in [0.05, 0.1) is 12.1 Å². The van der Waals surface area contributed by atoms with Crippen molar-refractivity contribution in [1.29, 1.82) is 0 Å². The smallest absolute Gasteiger partial charge is 0.253 e. The Morgan fingerprint density at radius 3 is 2.83 bits per heavy atom. The predicted molar refractivity (Wildman–Crippen MR) is 71.9 cm³/mol. The maximum Gasteiger partial charge on any atom is 0.253 e. The summed E-state index contributed by atoms with van der Waals surface area (Å²) in [6, 6.07) is 7.95. The number of hydrogen-bond donors (Lipinski definition) is 1. The van der Waals surface area contributed by atoms with Crippen LogP contribution in [0.5, 0.6) is 0 Å². The normalized spacial score (nSPS) is 22.8. The van der Waals surface area contributed by atoms with Crippen LogP contribution in [-0.2, 0) is 4.74 Å². The summed E-state index contributed by atoms with van der Waals surface area (Å²) >= 11 is 0. The Balaban J connectivity index is 2.10. The highest BCUT2D eigenvalue weighted by Crippen LogP contribution is 2.20. The third kappa shape index (κ3) is 2.82. The van der Waals surface area contributed by atoms with Crippen LogP contribution in [0.1, 0.15) is 23.7 Å². The molecule has 1 N–H and O–H groups in total. The van der Waals surface area contributed by atoms with Crippen molar-refractivity contribution in [2.24, 2.45) is 0 Å². The van der Waals surface area contributed by atoms with Crippen LogP contribution in [-0.4, -0.2) is 43.7 Å². The first kappa shape index (κ1) is 12.9. The molecule has 2 rings (SSSR count). The van der Waals surface area contributed by atoms with Crippen LogP contribution in [0.4, 0.5) is 5.69 Å². The van der Waals surface area contributed by atoms with E-state index in [9.17, 15) is 4.79 Å². The zero-order chi connectivity index (χ0) is 13.1. The van der Waals surface area contributed by atoms with Crippen LogP contribution >= 0.6 is 0 Å². The Bertz CT molecular complexity index is 432. The molecule has 1 aliphatic rings. The Kier molecular flexibility index (Phi) is 3.87. The van der Waals surface area contributed by atoms with Crippen molar-refractivity contribution in [3.8, 4) is 0 Å². The number of hydrogen-bond acceptors (Lipinski definition) is 3. The van der Waals surface area contributed by atoms with Crippen LogP contribution in [0.3, 0.4) is 0 Å². The van der Waals surface area contributed by atoms with E-state index in [0.29, 0.717) is 11.6 Å². The van der Waals surface area contributed by atoms with E-state index in [1.807, 2.05) is 24.3 Å². The molecule has 0 bridgehead atoms. The number of anilines is 1. The molecule has 0 radical (unpaired) electrons. The van der Waals surface area contributed by atoms with E-state index in [1.165, 1.54) is 0 Å². The number of carbonyl (C=O) groups excluding carboxylic acids is 1. The fourth-order valence-electron chi connectivity index (χ4n) is 2.14. The first-order chi connectivity index (χ1) is 8.58. The minimum atomic E-state index is 0.0226. The molecule has 4 nitrogen and oxygen atoms in total. The number of rotatable bonds is 3. The second kappa shape index (κ2) is 5.40. The molecule has 2 unspecified atom stereocenters. The molecule has 0 spiro atoms. The summed E-state index contributed by atoms with van der Waals surface area (Å²) in [6.45, 7) is 2.87. The van der Waals surface area contributed by atoms with Gasteiger partial charge in [-0.05, 0) is 31.5 Å². The van der Waals surface area contributed by atoms with Gasteiger partial charge in [-0.1, -0.05) is 6.07 Å². The Labute approximate surface area is 108 Å². The standard InChI is InChI=1S/C14H20N2O2/c1-10-13(7-8-18-10)15-12-6-4-5-11(9-12)14(17)16(2)3/h4-6,9-10,13,15H,7-8H2,1-3H3. The first-order valence-corrected chi connectivity index (χ1v) is 6.28. The van der Waals surface area contributed by atoms with Crippen molar-refractivity contribution in [3.63, 3.8) is 0 Å². The summed E-state index contributed by atoms with van der Waals surface area (Å²) in [4.78, 5) is 13.5. The summed E-state index contributed by atoms with van der Waals surface area (Å²) < 4.78 is 5.52. The third-order valence-corrected chi connectivity index (χ3v) is 3.24. The Morgan fingerprint density at radius 1 is 1.44 bits per heavy atom. The van der Waals surface area contributed by atoms with Gasteiger partial charge in [-0.2, -0.15) is 0 Å². The van der Waals surface area contributed by atoms with Gasteiger partial charge in [0.1, 0.15) is 0 Å². The van der Waals surface area contributed by atoms with E-state index in [4.69, 9.17) is 4.74 Å². The van der Waals surface area contributed by atoms with Crippen LogP contribution in [0, 0.1) is 0 Å². The van der Waals surface area contributed by atoms with Crippen molar-refractivity contribution in [2.75, 3.05) is 26.0 Å². The molecule has 0 saturated carbocycles. The first-order valence-electron chi connectivity index (χ1n) is 6.28. The molecule has 18 heavy (non-hydrogen) atoms. The molecule has 0 aromatic heterocycles. The van der Waals surface area contributed by atoms with E-state index in [-0.39, 0.29) is 12.0 Å². The van der Waals surface area contributed by atoms with Crippen LogP contribution in [0.25, 0.3) is 0 Å². The van der Waals surface area contributed by atoms with Crippen molar-refractivity contribution >= 4 is 11.6 Å². The van der Waals surface area contributed by atoms with Crippen molar-refractivity contribution in [2.45, 2.75) is 25.5 Å². The maximum absolute atomic E-state index is 11.9. The van der Waals surface area contributed by atoms with Gasteiger partial charge in [-0.15, -0.1) is 0 Å². The van der Waals surface area contributed by atoms with Gasteiger partial charge in [-0.3, -0.25) is 4.79 Å². The average Bonchev–Trinajstić information content (AvgIpc) is 2.74. The van der Waals surface area contributed by atoms with Gasteiger partial charge in [0.15, 0.2) is 0 Å². The van der Waals surface area contributed by atoms with Crippen molar-refractivity contribution < 1.29 is 9.53 Å². The summed E-state index contributed by atoms with van der Waals surface area (Å²) in [5.74, 6) is 0.0226. The number of ether oxygens (including phenoxy) is 1. The number of benzene rings is 1. The van der Waals surface area contributed by atoms with Crippen LogP contribution in [0.15, 0.2) is 24.3 Å². The largest absolute Gasteiger partial charge is 0.380 e. The minimum absolute atomic E-state index is 0.0226. The molecule has 0 aliphatic carbocycles. The molecule has 1 fully saturated rings. The lowest BCUT2D eigenvalue weighted by molar-refractivity contribution is 0.0827. The zero-order valence-electron chi connectivity index (χ0n) is 11.1. The van der Waals surface area contributed by atoms with E-state index in [2.05, 4.69) is 12.2 Å². The Hall–Kier alpha value is -1.55. The minimum Gasteiger partial charge on any atom is -0.380 e. The number of amides is 1. The quantitative estimate of drug-likeness (QED) is 0.889. The lowest BCUT2D eigenvalue weighted by atomic mass is 10.1. The molecule has 4 heteroatoms. The van der Waals surface area contributed by atoms with Crippen molar-refractivity contribution in [3.05, 3.63) is 29.8 Å². The van der Waals surface area contributed by atoms with Gasteiger partial charge in [-0.25, -0.2) is 0 Å². The molecular weight excluding hydrogens is 228 g/mol. The van der Waals surface area contributed by atoms with Gasteiger partial charge < -0.3 is 15.0 Å². The number of nitrogens with one attached hydrogen (secondary N) is 1. The summed E-state index contributed by atoms with van der Waals surface area (Å²) in [5, 5.41) is 3.43. The SMILES string of the molecule is CC1OCCC1Nc1cccc(C(=O)N(C)C)c1. The lowest BCUT2D eigenvalue weighted by Gasteiger charge is -2.18. The predicted octanol–water partition coefficient (Wildman–Crippen LogP) is 1.98. The van der Waals surface area contributed by atoms with E-state index in [1.54, 1.807) is 19.0 Å². The second-order valence-electron chi connectivity index (χ2n) is 4.90. The van der Waals surface area contributed by atoms with Gasteiger partial charge in [0.25, 0.3) is 5.91 Å². The fourth-order valence-corrected chi connectivity index (χ4v) is 2.14. The highest BCUT2D eigenvalue weighted by molar-refractivity contribution is 5.94. The molecule has 1 aliphatic heterocycles. The number of nitrogens with zero attached hydrogens (tertiary/aromatic N) is 1. The molecule has 2 atom stereocenters. The molecule has 1 heterocycles. The highest BCUT2D eigenvalue weighted by atomic mass is 16.5. The van der Waals surface area contributed by atoms with Gasteiger partial charge >= 0.3 is 0 Å². The topological polar surface area (TPSA) is 41.6 Å². The third-order valence-electron chi connectivity index (χ3n) is 3.24. The second-order valence-corrected chi connectivity index (χ2v) is 4.90. The van der Waals surface area contributed by atoms with Gasteiger partial charge in [0.2, 0.25) is 0 Å². The van der Waals surface area contributed by atoms with E-state index < -0.39 is 0 Å². The summed E-state index contributed by atoms with van der Waals surface area (Å²) in [5.41, 5.74) is 1.68. The molecule has 1 aromatic rings. The lowest BCUT2D eigenvalue weighted by Crippen LogP contribution is -2.27. The summed E-state index contributed by atoms with van der Waals surface area (Å²) in [7, 11) is 3.52. The monoisotopic (exact) mass is 248 g/mol. The van der Waals surface area contributed by atoms with E-state index >= 15 is 0 Å². The molecule has 1 amide bonds. The summed E-state index contributed by atoms with van der Waals surface area (Å²) in [6.07, 6.45) is 1.23. The van der Waals surface area contributed by atoms with E-state index in [0.717, 1.165) is 18.7 Å². The fraction of sp³-hybridized carbons (Fsp3) is 0.500. The zero-order valence-corrected chi connectivity index (χ0v) is 11.1. The number of carbonyl (C=O) groups is 1. The maximum atomic E-state index is 11.9. The molecule has 98 valence electrons. The average molecular weight is 248 g/mol. The molecular formula is C14H20N2O2.